The lowest BCUT2D eigenvalue weighted by molar-refractivity contribution is -0.143. The number of amides is 1. The van der Waals surface area contributed by atoms with Crippen molar-refractivity contribution in [1.29, 1.82) is 0 Å². The predicted molar refractivity (Wildman–Crippen MR) is 357 cm³/mol. The van der Waals surface area contributed by atoms with Crippen molar-refractivity contribution in [3.8, 4) is 0 Å². The molecule has 0 radical (unpaired) electrons. The van der Waals surface area contributed by atoms with Gasteiger partial charge in [0.2, 0.25) is 5.91 Å². The summed E-state index contributed by atoms with van der Waals surface area (Å²) in [5, 5.41) is 23.2. The highest BCUT2D eigenvalue weighted by Crippen LogP contribution is 2.20. The summed E-state index contributed by atoms with van der Waals surface area (Å²) < 4.78 is 5.51. The number of allylic oxidation sites excluding steroid dienone is 2. The fourth-order valence-corrected chi connectivity index (χ4v) is 12.1. The maximum atomic E-state index is 12.5. The van der Waals surface area contributed by atoms with E-state index in [2.05, 4.69) is 31.3 Å². The molecular formula is C75H147NO5. The van der Waals surface area contributed by atoms with Gasteiger partial charge in [0, 0.05) is 12.8 Å². The molecule has 0 fully saturated rings. The second-order valence-corrected chi connectivity index (χ2v) is 26.0. The van der Waals surface area contributed by atoms with Crippen LogP contribution in [0.15, 0.2) is 12.2 Å². The smallest absolute Gasteiger partial charge is 0.305 e. The molecule has 6 nitrogen and oxygen atoms in total. The van der Waals surface area contributed by atoms with Crippen LogP contribution in [0.1, 0.15) is 431 Å². The normalized spacial score (nSPS) is 12.5. The van der Waals surface area contributed by atoms with Crippen molar-refractivity contribution in [2.75, 3.05) is 13.2 Å². The number of aliphatic hydroxyl groups excluding tert-OH is 2. The van der Waals surface area contributed by atoms with Gasteiger partial charge >= 0.3 is 5.97 Å². The number of carbonyl (C=O) groups is 2. The van der Waals surface area contributed by atoms with Gasteiger partial charge in [0.1, 0.15) is 0 Å². The molecule has 0 heterocycles. The summed E-state index contributed by atoms with van der Waals surface area (Å²) in [6, 6.07) is -0.534. The van der Waals surface area contributed by atoms with E-state index in [1.807, 2.05) is 0 Å². The molecule has 2 unspecified atom stereocenters. The molecule has 0 aliphatic rings. The van der Waals surface area contributed by atoms with Crippen molar-refractivity contribution in [3.05, 3.63) is 12.2 Å². The zero-order chi connectivity index (χ0) is 58.5. The van der Waals surface area contributed by atoms with Crippen molar-refractivity contribution >= 4 is 11.9 Å². The number of unbranched alkanes of at least 4 members (excludes halogenated alkanes) is 58. The number of hydrogen-bond acceptors (Lipinski definition) is 5. The van der Waals surface area contributed by atoms with Gasteiger partial charge < -0.3 is 20.3 Å². The third-order valence-corrected chi connectivity index (χ3v) is 17.8. The molecule has 6 heteroatoms. The van der Waals surface area contributed by atoms with Crippen LogP contribution < -0.4 is 5.32 Å². The molecule has 1 amide bonds. The van der Waals surface area contributed by atoms with E-state index in [1.54, 1.807) is 0 Å². The molecule has 0 saturated heterocycles. The summed E-state index contributed by atoms with van der Waals surface area (Å²) in [4.78, 5) is 24.6. The van der Waals surface area contributed by atoms with E-state index in [4.69, 9.17) is 4.74 Å². The Kier molecular flexibility index (Phi) is 69.9. The third-order valence-electron chi connectivity index (χ3n) is 17.8. The molecule has 0 saturated carbocycles. The molecule has 81 heavy (non-hydrogen) atoms. The van der Waals surface area contributed by atoms with Crippen LogP contribution in [0.2, 0.25) is 0 Å². The minimum Gasteiger partial charge on any atom is -0.466 e. The van der Waals surface area contributed by atoms with Gasteiger partial charge in [-0.2, -0.15) is 0 Å². The molecule has 0 aromatic rings. The largest absolute Gasteiger partial charge is 0.466 e. The molecule has 0 bridgehead atoms. The fourth-order valence-electron chi connectivity index (χ4n) is 12.1. The predicted octanol–water partition coefficient (Wildman–Crippen LogP) is 24.3. The van der Waals surface area contributed by atoms with Gasteiger partial charge in [0.15, 0.2) is 0 Å². The van der Waals surface area contributed by atoms with E-state index in [1.165, 1.54) is 360 Å². The number of hydrogen-bond donors (Lipinski definition) is 3. The van der Waals surface area contributed by atoms with Crippen molar-refractivity contribution in [2.24, 2.45) is 0 Å². The van der Waals surface area contributed by atoms with Gasteiger partial charge in [-0.05, 0) is 51.4 Å². The first kappa shape index (κ1) is 79.6. The summed E-state index contributed by atoms with van der Waals surface area (Å²) in [7, 11) is 0. The van der Waals surface area contributed by atoms with Crippen molar-refractivity contribution in [2.45, 2.75) is 443 Å². The number of rotatable bonds is 71. The topological polar surface area (TPSA) is 95.9 Å². The Hall–Kier alpha value is -1.40. The molecule has 0 aliphatic carbocycles. The summed E-state index contributed by atoms with van der Waals surface area (Å²) in [6.07, 6.45) is 88.8. The molecule has 3 N–H and O–H groups in total. The van der Waals surface area contributed by atoms with Crippen molar-refractivity contribution < 1.29 is 24.5 Å². The minimum atomic E-state index is -0.657. The lowest BCUT2D eigenvalue weighted by atomic mass is 10.0. The van der Waals surface area contributed by atoms with Crippen LogP contribution in [0.4, 0.5) is 0 Å². The molecule has 0 rings (SSSR count). The average Bonchev–Trinajstić information content (AvgIpc) is 3.47. The van der Waals surface area contributed by atoms with Crippen molar-refractivity contribution in [3.63, 3.8) is 0 Å². The summed E-state index contributed by atoms with van der Waals surface area (Å²) in [5.74, 6) is -0.00752. The maximum Gasteiger partial charge on any atom is 0.305 e. The first-order valence-corrected chi connectivity index (χ1v) is 37.4. The zero-order valence-corrected chi connectivity index (χ0v) is 55.3. The molecule has 0 spiro atoms. The van der Waals surface area contributed by atoms with Crippen LogP contribution >= 0.6 is 0 Å². The number of aliphatic hydroxyl groups is 2. The lowest BCUT2D eigenvalue weighted by Gasteiger charge is -2.22. The van der Waals surface area contributed by atoms with Gasteiger partial charge in [-0.15, -0.1) is 0 Å². The molecule has 0 aliphatic heterocycles. The first-order chi connectivity index (χ1) is 40.0. The number of carbonyl (C=O) groups excluding carboxylic acids is 2. The van der Waals surface area contributed by atoms with E-state index in [-0.39, 0.29) is 18.5 Å². The van der Waals surface area contributed by atoms with E-state index < -0.39 is 12.1 Å². The summed E-state index contributed by atoms with van der Waals surface area (Å²) >= 11 is 0. The first-order valence-electron chi connectivity index (χ1n) is 37.4. The van der Waals surface area contributed by atoms with E-state index in [0.29, 0.717) is 25.9 Å². The Labute approximate surface area is 508 Å². The van der Waals surface area contributed by atoms with Crippen LogP contribution in [-0.2, 0) is 14.3 Å². The highest BCUT2D eigenvalue weighted by atomic mass is 16.5. The molecule has 2 atom stereocenters. The van der Waals surface area contributed by atoms with Crippen molar-refractivity contribution in [1.82, 2.24) is 5.32 Å². The summed E-state index contributed by atoms with van der Waals surface area (Å²) in [6.45, 7) is 4.97. The van der Waals surface area contributed by atoms with Crippen LogP contribution in [0, 0.1) is 0 Å². The van der Waals surface area contributed by atoms with Gasteiger partial charge in [0.05, 0.1) is 25.4 Å². The SMILES string of the molecule is CCCCCCCC/C=C\CCCCCCCCCC(=O)OCCCCCCCCCCCCCCCCCCCCCCCCCCCCCCCCCCCCCCCC(=O)NC(CO)C(O)CCCCCCCCCCCC. The Bertz CT molecular complexity index is 1220. The zero-order valence-electron chi connectivity index (χ0n) is 55.3. The highest BCUT2D eigenvalue weighted by Gasteiger charge is 2.20. The van der Waals surface area contributed by atoms with Crippen LogP contribution in [0.3, 0.4) is 0 Å². The second kappa shape index (κ2) is 71.1. The standard InChI is InChI=1S/C75H147NO5/c1-3-5-7-9-11-13-15-16-17-39-43-46-49-53-57-61-65-69-75(80)81-70-66-62-58-54-50-47-44-41-38-36-34-32-30-28-26-24-22-20-18-19-21-23-25-27-29-31-33-35-37-40-42-45-48-52-56-60-64-68-74(79)76-72(71-77)73(78)67-63-59-55-51-14-12-10-8-6-4-2/h16-17,72-73,77-78H,3-15,18-71H2,1-2H3,(H,76,79)/b17-16-. The highest BCUT2D eigenvalue weighted by molar-refractivity contribution is 5.76. The van der Waals surface area contributed by atoms with E-state index in [0.717, 1.165) is 38.5 Å². The molecule has 0 aromatic heterocycles. The second-order valence-electron chi connectivity index (χ2n) is 26.0. The Balaban J connectivity index is 3.26. The Morgan fingerprint density at radius 3 is 0.877 bits per heavy atom. The number of ether oxygens (including phenoxy) is 1. The van der Waals surface area contributed by atoms with E-state index >= 15 is 0 Å². The van der Waals surface area contributed by atoms with Crippen LogP contribution in [0.25, 0.3) is 0 Å². The quantitative estimate of drug-likeness (QED) is 0.0320. The number of esters is 1. The monoisotopic (exact) mass is 1140 g/mol. The number of nitrogens with one attached hydrogen (secondary N) is 1. The van der Waals surface area contributed by atoms with Crippen LogP contribution in [-0.4, -0.2) is 47.4 Å². The Morgan fingerprint density at radius 1 is 0.333 bits per heavy atom. The molecule has 0 aromatic carbocycles. The van der Waals surface area contributed by atoms with Gasteiger partial charge in [-0.3, -0.25) is 9.59 Å². The lowest BCUT2D eigenvalue weighted by Crippen LogP contribution is -2.45. The van der Waals surface area contributed by atoms with Gasteiger partial charge in [0.25, 0.3) is 0 Å². The van der Waals surface area contributed by atoms with Gasteiger partial charge in [-0.25, -0.2) is 0 Å². The van der Waals surface area contributed by atoms with Crippen LogP contribution in [0.5, 0.6) is 0 Å². The van der Waals surface area contributed by atoms with E-state index in [9.17, 15) is 19.8 Å². The average molecular weight is 1140 g/mol. The van der Waals surface area contributed by atoms with Gasteiger partial charge in [-0.1, -0.05) is 379 Å². The third kappa shape index (κ3) is 67.6. The Morgan fingerprint density at radius 2 is 0.580 bits per heavy atom. The fraction of sp³-hybridized carbons (Fsp3) is 0.947. The molecular weight excluding hydrogens is 995 g/mol. The minimum absolute atomic E-state index is 0.0209. The maximum absolute atomic E-state index is 12.5. The molecule has 482 valence electrons. The summed E-state index contributed by atoms with van der Waals surface area (Å²) in [5.41, 5.74) is 0.